The predicted octanol–water partition coefficient (Wildman–Crippen LogP) is 12.8. The lowest BCUT2D eigenvalue weighted by atomic mass is 10.1. The van der Waals surface area contributed by atoms with Crippen LogP contribution in [0.1, 0.15) is 0 Å². The van der Waals surface area contributed by atoms with Crippen LogP contribution in [0.5, 0.6) is 0 Å². The van der Waals surface area contributed by atoms with Crippen molar-refractivity contribution in [3.63, 3.8) is 0 Å². The van der Waals surface area contributed by atoms with E-state index >= 15 is 0 Å². The van der Waals surface area contributed by atoms with Crippen LogP contribution in [-0.4, -0.2) is 23.3 Å². The maximum Gasteiger partial charge on any atom is 0.131 e. The molecule has 12 rings (SSSR count). The molecule has 0 atom stereocenters. The minimum absolute atomic E-state index is 0.991. The highest BCUT2D eigenvalue weighted by Crippen LogP contribution is 2.43. The van der Waals surface area contributed by atoms with E-state index in [1.54, 1.807) is 0 Å². The molecule has 5 heterocycles. The molecule has 56 heavy (non-hydrogen) atoms. The van der Waals surface area contributed by atoms with E-state index in [4.69, 9.17) is 4.98 Å². The summed E-state index contributed by atoms with van der Waals surface area (Å²) in [6.07, 6.45) is 4.01. The van der Waals surface area contributed by atoms with Crippen molar-refractivity contribution in [1.29, 1.82) is 0 Å². The van der Waals surface area contributed by atoms with Gasteiger partial charge in [-0.1, -0.05) is 133 Å². The number of pyridine rings is 1. The van der Waals surface area contributed by atoms with Gasteiger partial charge in [0, 0.05) is 43.7 Å². The molecule has 5 aromatic heterocycles. The highest BCUT2D eigenvalue weighted by atomic mass is 15.2. The first kappa shape index (κ1) is 30.8. The van der Waals surface area contributed by atoms with Gasteiger partial charge in [0.15, 0.2) is 0 Å². The first-order chi connectivity index (χ1) is 27.8. The first-order valence-corrected chi connectivity index (χ1v) is 19.1. The molecule has 262 valence electrons. The molecule has 0 spiro atoms. The second-order valence-corrected chi connectivity index (χ2v) is 14.5. The number of para-hydroxylation sites is 5. The second kappa shape index (κ2) is 11.9. The Morgan fingerprint density at radius 2 is 0.661 bits per heavy atom. The summed E-state index contributed by atoms with van der Waals surface area (Å²) in [5.41, 5.74) is 13.4. The number of rotatable bonds is 5. The van der Waals surface area contributed by atoms with Crippen LogP contribution in [0.15, 0.2) is 200 Å². The Kier molecular flexibility index (Phi) is 6.56. The smallest absolute Gasteiger partial charge is 0.131 e. The summed E-state index contributed by atoms with van der Waals surface area (Å²) in [5, 5.41) is 7.33. The number of nitrogens with zero attached hydrogens (tertiary/aromatic N) is 5. The average Bonchev–Trinajstić information content (AvgIpc) is 3.99. The van der Waals surface area contributed by atoms with E-state index in [1.165, 1.54) is 49.0 Å². The highest BCUT2D eigenvalue weighted by molar-refractivity contribution is 6.23. The van der Waals surface area contributed by atoms with E-state index in [2.05, 4.69) is 206 Å². The summed E-state index contributed by atoms with van der Waals surface area (Å²) in [5.74, 6) is 0. The van der Waals surface area contributed by atoms with Gasteiger partial charge in [-0.05, 0) is 65.7 Å². The quantitative estimate of drug-likeness (QED) is 0.175. The molecular weight excluding hydrogens is 683 g/mol. The van der Waals surface area contributed by atoms with Crippen LogP contribution in [-0.2, 0) is 0 Å². The summed E-state index contributed by atoms with van der Waals surface area (Å²) >= 11 is 0. The summed E-state index contributed by atoms with van der Waals surface area (Å²) in [7, 11) is 0. The molecule has 0 N–H and O–H groups in total. The topological polar surface area (TPSA) is 32.6 Å². The van der Waals surface area contributed by atoms with Crippen LogP contribution >= 0.6 is 0 Å². The van der Waals surface area contributed by atoms with Crippen LogP contribution in [0.25, 0.3) is 99.6 Å². The van der Waals surface area contributed by atoms with Gasteiger partial charge in [0.2, 0.25) is 0 Å². The third kappa shape index (κ3) is 4.34. The van der Waals surface area contributed by atoms with Crippen molar-refractivity contribution in [3.05, 3.63) is 200 Å². The summed E-state index contributed by atoms with van der Waals surface area (Å²) in [6, 6.07) is 67.6. The highest BCUT2D eigenvalue weighted by Gasteiger charge is 2.25. The SMILES string of the molecule is c1ccc(-c2cccc(-n3c4ccccc4c4c5ccccc5n(-c5cncc(-n6c7ccccc7c7c8ccccc8n(-c8ccccc8)c76)c5)c43)c2)cc1. The van der Waals surface area contributed by atoms with Gasteiger partial charge in [0.1, 0.15) is 11.3 Å². The molecule has 0 bridgehead atoms. The lowest BCUT2D eigenvalue weighted by Crippen LogP contribution is -2.05. The Balaban J connectivity index is 1.18. The fourth-order valence-electron chi connectivity index (χ4n) is 9.13. The van der Waals surface area contributed by atoms with Crippen molar-refractivity contribution in [2.24, 2.45) is 0 Å². The van der Waals surface area contributed by atoms with E-state index in [9.17, 15) is 0 Å². The third-order valence-corrected chi connectivity index (χ3v) is 11.4. The van der Waals surface area contributed by atoms with Crippen molar-refractivity contribution in [3.8, 4) is 33.9 Å². The molecule has 0 saturated carbocycles. The minimum atomic E-state index is 0.991. The van der Waals surface area contributed by atoms with Gasteiger partial charge < -0.3 is 0 Å². The molecule has 0 radical (unpaired) electrons. The fourth-order valence-corrected chi connectivity index (χ4v) is 9.13. The third-order valence-electron chi connectivity index (χ3n) is 11.4. The maximum absolute atomic E-state index is 5.03. The molecule has 12 aromatic rings. The van der Waals surface area contributed by atoms with E-state index in [-0.39, 0.29) is 0 Å². The molecule has 0 fully saturated rings. The van der Waals surface area contributed by atoms with E-state index in [1.807, 2.05) is 12.4 Å². The summed E-state index contributed by atoms with van der Waals surface area (Å²) in [6.45, 7) is 0. The molecular formula is C51H33N5. The Morgan fingerprint density at radius 1 is 0.286 bits per heavy atom. The summed E-state index contributed by atoms with van der Waals surface area (Å²) in [4.78, 5) is 5.03. The molecule has 0 amide bonds. The van der Waals surface area contributed by atoms with Gasteiger partial charge in [0.05, 0.1) is 45.8 Å². The average molecular weight is 716 g/mol. The number of hydrogen-bond donors (Lipinski definition) is 0. The van der Waals surface area contributed by atoms with Crippen molar-refractivity contribution >= 4 is 65.7 Å². The lowest BCUT2D eigenvalue weighted by molar-refractivity contribution is 1.03. The first-order valence-electron chi connectivity index (χ1n) is 19.1. The van der Waals surface area contributed by atoms with Gasteiger partial charge in [-0.25, -0.2) is 0 Å². The lowest BCUT2D eigenvalue weighted by Gasteiger charge is -2.16. The van der Waals surface area contributed by atoms with Crippen molar-refractivity contribution in [2.75, 3.05) is 0 Å². The van der Waals surface area contributed by atoms with E-state index in [0.717, 1.165) is 50.6 Å². The van der Waals surface area contributed by atoms with Crippen LogP contribution in [0.4, 0.5) is 0 Å². The molecule has 5 heteroatoms. The van der Waals surface area contributed by atoms with Crippen molar-refractivity contribution in [2.45, 2.75) is 0 Å². The van der Waals surface area contributed by atoms with E-state index < -0.39 is 0 Å². The normalized spacial score (nSPS) is 11.9. The monoisotopic (exact) mass is 715 g/mol. The van der Waals surface area contributed by atoms with Crippen LogP contribution in [0.3, 0.4) is 0 Å². The standard InChI is InChI=1S/C51H33N5/c1-3-16-34(17-4-1)35-18-15-21-37(30-35)54-45-27-12-8-23-41(45)49-43-25-10-14-29-47(43)56(51(49)54)39-31-38(32-52-33-39)55-46-28-13-9-24-42(46)48-40-22-7-11-26-44(40)53(50(48)55)36-19-5-2-6-20-36/h1-33H. The van der Waals surface area contributed by atoms with Crippen LogP contribution < -0.4 is 0 Å². The summed E-state index contributed by atoms with van der Waals surface area (Å²) < 4.78 is 9.64. The van der Waals surface area contributed by atoms with Crippen molar-refractivity contribution < 1.29 is 0 Å². The predicted molar refractivity (Wildman–Crippen MR) is 232 cm³/mol. The van der Waals surface area contributed by atoms with Crippen LogP contribution in [0.2, 0.25) is 0 Å². The second-order valence-electron chi connectivity index (χ2n) is 14.5. The Hall–Kier alpha value is -7.63. The fraction of sp³-hybridized carbons (Fsp3) is 0. The Morgan fingerprint density at radius 3 is 1.16 bits per heavy atom. The molecule has 0 aliphatic rings. The minimum Gasteiger partial charge on any atom is -0.295 e. The molecule has 0 aliphatic carbocycles. The Labute approximate surface area is 322 Å². The number of benzene rings is 7. The number of hydrogen-bond acceptors (Lipinski definition) is 1. The maximum atomic E-state index is 5.03. The van der Waals surface area contributed by atoms with E-state index in [0.29, 0.717) is 0 Å². The molecule has 0 aliphatic heterocycles. The number of fused-ring (bicyclic) bond motifs is 10. The molecule has 7 aromatic carbocycles. The zero-order valence-electron chi connectivity index (χ0n) is 30.3. The van der Waals surface area contributed by atoms with Gasteiger partial charge in [-0.3, -0.25) is 23.3 Å². The molecule has 0 unspecified atom stereocenters. The largest absolute Gasteiger partial charge is 0.295 e. The molecule has 5 nitrogen and oxygen atoms in total. The zero-order valence-corrected chi connectivity index (χ0v) is 30.3. The van der Waals surface area contributed by atoms with Gasteiger partial charge >= 0.3 is 0 Å². The number of aromatic nitrogens is 5. The van der Waals surface area contributed by atoms with Gasteiger partial charge in [0.25, 0.3) is 0 Å². The zero-order chi connectivity index (χ0) is 36.7. The van der Waals surface area contributed by atoms with Crippen molar-refractivity contribution in [1.82, 2.24) is 23.3 Å². The van der Waals surface area contributed by atoms with Gasteiger partial charge in [-0.15, -0.1) is 0 Å². The van der Waals surface area contributed by atoms with Crippen LogP contribution in [0, 0.1) is 0 Å². The molecule has 0 saturated heterocycles. The Bertz CT molecular complexity index is 3470. The van der Waals surface area contributed by atoms with Gasteiger partial charge in [-0.2, -0.15) is 0 Å².